The van der Waals surface area contributed by atoms with E-state index in [0.717, 1.165) is 12.4 Å². The summed E-state index contributed by atoms with van der Waals surface area (Å²) in [6, 6.07) is 8.48. The fourth-order valence-electron chi connectivity index (χ4n) is 1.77. The third-order valence-corrected chi connectivity index (χ3v) is 2.76. The summed E-state index contributed by atoms with van der Waals surface area (Å²) in [7, 11) is 0. The van der Waals surface area contributed by atoms with Crippen molar-refractivity contribution in [1.82, 2.24) is 4.98 Å². The summed E-state index contributed by atoms with van der Waals surface area (Å²) < 4.78 is 38.4. The van der Waals surface area contributed by atoms with Crippen LogP contribution in [0.1, 0.15) is 27.6 Å². The summed E-state index contributed by atoms with van der Waals surface area (Å²) in [5.74, 6) is -1.03. The first-order valence-electron chi connectivity index (χ1n) is 5.69. The lowest BCUT2D eigenvalue weighted by atomic mass is 9.97. The predicted octanol–water partition coefficient (Wildman–Crippen LogP) is 3.02. The van der Waals surface area contributed by atoms with Gasteiger partial charge in [-0.3, -0.25) is 9.78 Å². The second-order valence-corrected chi connectivity index (χ2v) is 4.10. The van der Waals surface area contributed by atoms with E-state index >= 15 is 0 Å². The summed E-state index contributed by atoms with van der Waals surface area (Å²) in [5.41, 5.74) is -1.52. The summed E-state index contributed by atoms with van der Waals surface area (Å²) in [6.45, 7) is 0. The molecular weight excluding hydrogens is 271 g/mol. The third kappa shape index (κ3) is 2.85. The quantitative estimate of drug-likeness (QED) is 0.880. The number of benzene rings is 1. The van der Waals surface area contributed by atoms with E-state index in [1.165, 1.54) is 12.1 Å². The maximum Gasteiger partial charge on any atom is 0.417 e. The van der Waals surface area contributed by atoms with E-state index in [-0.39, 0.29) is 5.56 Å². The number of hydrogen-bond donors (Lipinski definition) is 1. The molecule has 2 rings (SSSR count). The van der Waals surface area contributed by atoms with E-state index in [9.17, 15) is 23.1 Å². The molecule has 0 aliphatic rings. The van der Waals surface area contributed by atoms with Gasteiger partial charge in [0.2, 0.25) is 0 Å². The highest BCUT2D eigenvalue weighted by atomic mass is 19.4. The van der Waals surface area contributed by atoms with E-state index in [1.807, 2.05) is 0 Å². The highest BCUT2D eigenvalue weighted by molar-refractivity contribution is 6.01. The van der Waals surface area contributed by atoms with Crippen molar-refractivity contribution in [3.63, 3.8) is 0 Å². The molecule has 6 heteroatoms. The Labute approximate surface area is 112 Å². The van der Waals surface area contributed by atoms with Crippen LogP contribution in [-0.2, 0) is 6.18 Å². The van der Waals surface area contributed by atoms with Crippen LogP contribution >= 0.6 is 0 Å². The van der Waals surface area contributed by atoms with Gasteiger partial charge in [0.25, 0.3) is 0 Å². The molecule has 1 aromatic heterocycles. The molecule has 0 saturated heterocycles. The number of hydrogen-bond acceptors (Lipinski definition) is 3. The summed E-state index contributed by atoms with van der Waals surface area (Å²) in [4.78, 5) is 15.5. The molecule has 1 heterocycles. The summed E-state index contributed by atoms with van der Waals surface area (Å²) >= 11 is 0. The Bertz CT molecular complexity index is 611. The van der Waals surface area contributed by atoms with Gasteiger partial charge in [-0.2, -0.15) is 13.2 Å². The van der Waals surface area contributed by atoms with E-state index in [2.05, 4.69) is 4.98 Å². The zero-order valence-electron chi connectivity index (χ0n) is 10.1. The summed E-state index contributed by atoms with van der Waals surface area (Å²) in [5, 5.41) is 9.89. The SMILES string of the molecule is O=C(c1cnccc1C(F)(F)F)C(O)c1ccccc1. The number of alkyl halides is 3. The maximum absolute atomic E-state index is 12.8. The Kier molecular flexibility index (Phi) is 3.85. The average Bonchev–Trinajstić information content (AvgIpc) is 2.46. The molecule has 1 N–H and O–H groups in total. The number of aliphatic hydroxyl groups is 1. The van der Waals surface area contributed by atoms with Crippen LogP contribution in [0.5, 0.6) is 0 Å². The fraction of sp³-hybridized carbons (Fsp3) is 0.143. The van der Waals surface area contributed by atoms with Crippen molar-refractivity contribution in [2.45, 2.75) is 12.3 Å². The van der Waals surface area contributed by atoms with Crippen LogP contribution in [0.4, 0.5) is 13.2 Å². The average molecular weight is 281 g/mol. The maximum atomic E-state index is 12.8. The molecule has 0 bridgehead atoms. The first kappa shape index (κ1) is 14.2. The number of aromatic nitrogens is 1. The second-order valence-electron chi connectivity index (χ2n) is 4.10. The first-order valence-corrected chi connectivity index (χ1v) is 5.69. The van der Waals surface area contributed by atoms with Gasteiger partial charge in [-0.15, -0.1) is 0 Å². The van der Waals surface area contributed by atoms with Crippen molar-refractivity contribution in [1.29, 1.82) is 0 Å². The normalized spacial score (nSPS) is 13.0. The number of Topliss-reactive ketones (excluding diaryl/α,β-unsaturated/α-hetero) is 1. The largest absolute Gasteiger partial charge is 0.417 e. The van der Waals surface area contributed by atoms with Gasteiger partial charge in [-0.1, -0.05) is 30.3 Å². The molecule has 0 radical (unpaired) electrons. The zero-order chi connectivity index (χ0) is 14.8. The molecule has 3 nitrogen and oxygen atoms in total. The zero-order valence-corrected chi connectivity index (χ0v) is 10.1. The lowest BCUT2D eigenvalue weighted by molar-refractivity contribution is -0.138. The molecule has 0 saturated carbocycles. The molecule has 0 aliphatic carbocycles. The van der Waals surface area contributed by atoms with Gasteiger partial charge < -0.3 is 5.11 Å². The Hall–Kier alpha value is -2.21. The Balaban J connectivity index is 2.40. The molecule has 0 fully saturated rings. The number of halogens is 3. The molecule has 104 valence electrons. The number of pyridine rings is 1. The van der Waals surface area contributed by atoms with Gasteiger partial charge in [0.05, 0.1) is 11.1 Å². The topological polar surface area (TPSA) is 50.2 Å². The molecule has 1 unspecified atom stereocenters. The number of ketones is 1. The Morgan fingerprint density at radius 3 is 2.40 bits per heavy atom. The van der Waals surface area contributed by atoms with Crippen LogP contribution in [0.15, 0.2) is 48.8 Å². The van der Waals surface area contributed by atoms with Crippen LogP contribution in [0.3, 0.4) is 0 Å². The molecule has 20 heavy (non-hydrogen) atoms. The molecule has 1 aromatic carbocycles. The lowest BCUT2D eigenvalue weighted by Gasteiger charge is -2.14. The van der Waals surface area contributed by atoms with E-state index in [0.29, 0.717) is 6.07 Å². The monoisotopic (exact) mass is 281 g/mol. The minimum absolute atomic E-state index is 0.231. The van der Waals surface area contributed by atoms with Gasteiger partial charge in [0.1, 0.15) is 6.10 Å². The van der Waals surface area contributed by atoms with Gasteiger partial charge in [-0.25, -0.2) is 0 Å². The predicted molar refractivity (Wildman–Crippen MR) is 65.0 cm³/mol. The molecule has 0 amide bonds. The van der Waals surface area contributed by atoms with Crippen molar-refractivity contribution in [2.24, 2.45) is 0 Å². The van der Waals surface area contributed by atoms with Gasteiger partial charge in [-0.05, 0) is 11.6 Å². The molecule has 0 aliphatic heterocycles. The number of rotatable bonds is 3. The first-order chi connectivity index (χ1) is 9.41. The van der Waals surface area contributed by atoms with E-state index in [1.54, 1.807) is 18.2 Å². The van der Waals surface area contributed by atoms with Crippen molar-refractivity contribution in [3.8, 4) is 0 Å². The highest BCUT2D eigenvalue weighted by Crippen LogP contribution is 2.33. The van der Waals surface area contributed by atoms with E-state index < -0.39 is 29.2 Å². The van der Waals surface area contributed by atoms with Crippen molar-refractivity contribution in [2.75, 3.05) is 0 Å². The van der Waals surface area contributed by atoms with Crippen LogP contribution in [0, 0.1) is 0 Å². The highest BCUT2D eigenvalue weighted by Gasteiger charge is 2.36. The van der Waals surface area contributed by atoms with Crippen molar-refractivity contribution in [3.05, 3.63) is 65.5 Å². The third-order valence-electron chi connectivity index (χ3n) is 2.76. The molecular formula is C14H10F3NO2. The fourth-order valence-corrected chi connectivity index (χ4v) is 1.77. The van der Waals surface area contributed by atoms with Crippen LogP contribution in [0.2, 0.25) is 0 Å². The molecule has 2 aromatic rings. The standard InChI is InChI=1S/C14H10F3NO2/c15-14(16,17)11-6-7-18-8-10(11)13(20)12(19)9-4-2-1-3-5-9/h1-8,12,19H. The smallest absolute Gasteiger partial charge is 0.380 e. The number of aliphatic hydroxyl groups excluding tert-OH is 1. The number of nitrogens with zero attached hydrogens (tertiary/aromatic N) is 1. The Morgan fingerprint density at radius 2 is 1.80 bits per heavy atom. The van der Waals surface area contributed by atoms with Crippen LogP contribution in [-0.4, -0.2) is 15.9 Å². The van der Waals surface area contributed by atoms with Crippen LogP contribution in [0.25, 0.3) is 0 Å². The van der Waals surface area contributed by atoms with Gasteiger partial charge in [0, 0.05) is 12.4 Å². The number of carbonyl (C=O) groups is 1. The van der Waals surface area contributed by atoms with E-state index in [4.69, 9.17) is 0 Å². The molecule has 0 spiro atoms. The minimum atomic E-state index is -4.68. The Morgan fingerprint density at radius 1 is 1.15 bits per heavy atom. The van der Waals surface area contributed by atoms with Crippen LogP contribution < -0.4 is 0 Å². The summed E-state index contributed by atoms with van der Waals surface area (Å²) in [6.07, 6.45) is -4.56. The van der Waals surface area contributed by atoms with Gasteiger partial charge >= 0.3 is 6.18 Å². The van der Waals surface area contributed by atoms with Crippen molar-refractivity contribution < 1.29 is 23.1 Å². The number of carbonyl (C=O) groups excluding carboxylic acids is 1. The minimum Gasteiger partial charge on any atom is -0.380 e. The molecule has 1 atom stereocenters. The van der Waals surface area contributed by atoms with Gasteiger partial charge in [0.15, 0.2) is 5.78 Å². The second kappa shape index (κ2) is 5.42. The van der Waals surface area contributed by atoms with Crippen molar-refractivity contribution >= 4 is 5.78 Å². The lowest BCUT2D eigenvalue weighted by Crippen LogP contribution is -2.18.